The summed E-state index contributed by atoms with van der Waals surface area (Å²) in [5.41, 5.74) is 1.35. The summed E-state index contributed by atoms with van der Waals surface area (Å²) in [4.78, 5) is 11.6. The zero-order valence-corrected chi connectivity index (χ0v) is 11.5. The monoisotopic (exact) mass is 319 g/mol. The van der Waals surface area contributed by atoms with Crippen molar-refractivity contribution < 1.29 is 9.18 Å². The molecule has 0 aliphatic carbocycles. The van der Waals surface area contributed by atoms with Gasteiger partial charge in [0.25, 0.3) is 0 Å². The number of nitrogens with one attached hydrogen (secondary N) is 1. The lowest BCUT2D eigenvalue weighted by atomic mass is 10.2. The molecule has 1 amide bonds. The topological polar surface area (TPSA) is 29.1 Å². The van der Waals surface area contributed by atoms with E-state index in [-0.39, 0.29) is 11.7 Å². The number of anilines is 1. The van der Waals surface area contributed by atoms with Crippen LogP contribution in [0.4, 0.5) is 10.1 Å². The molecule has 0 spiro atoms. The van der Waals surface area contributed by atoms with Gasteiger partial charge in [0.15, 0.2) is 0 Å². The maximum atomic E-state index is 12.9. The average molecular weight is 320 g/mol. The van der Waals surface area contributed by atoms with Crippen LogP contribution in [0.15, 0.2) is 59.1 Å². The van der Waals surface area contributed by atoms with E-state index in [9.17, 15) is 9.18 Å². The summed E-state index contributed by atoms with van der Waals surface area (Å²) in [5, 5.41) is 2.59. The predicted octanol–water partition coefficient (Wildman–Crippen LogP) is 4.24. The third-order valence-electron chi connectivity index (χ3n) is 2.39. The number of hydrogen-bond donors (Lipinski definition) is 1. The van der Waals surface area contributed by atoms with Gasteiger partial charge >= 0.3 is 0 Å². The Kier molecular flexibility index (Phi) is 4.47. The van der Waals surface area contributed by atoms with E-state index in [1.165, 1.54) is 18.2 Å². The first kappa shape index (κ1) is 13.5. The SMILES string of the molecule is O=C(/C=C/c1ccc(Br)cc1)Nc1cccc(F)c1. The van der Waals surface area contributed by atoms with Gasteiger partial charge < -0.3 is 5.32 Å². The Labute approximate surface area is 119 Å². The van der Waals surface area contributed by atoms with Gasteiger partial charge in [-0.15, -0.1) is 0 Å². The first-order valence-corrected chi connectivity index (χ1v) is 6.43. The number of benzene rings is 2. The molecule has 2 aromatic carbocycles. The van der Waals surface area contributed by atoms with Crippen molar-refractivity contribution in [2.75, 3.05) is 5.32 Å². The fourth-order valence-electron chi connectivity index (χ4n) is 1.50. The van der Waals surface area contributed by atoms with Crippen LogP contribution in [0.1, 0.15) is 5.56 Å². The molecule has 19 heavy (non-hydrogen) atoms. The minimum absolute atomic E-state index is 0.298. The van der Waals surface area contributed by atoms with Crippen LogP contribution in [0.25, 0.3) is 6.08 Å². The van der Waals surface area contributed by atoms with Gasteiger partial charge in [0.2, 0.25) is 5.91 Å². The van der Waals surface area contributed by atoms with Gasteiger partial charge in [-0.1, -0.05) is 34.1 Å². The molecule has 0 aromatic heterocycles. The van der Waals surface area contributed by atoms with E-state index in [0.717, 1.165) is 10.0 Å². The normalized spacial score (nSPS) is 10.6. The molecule has 96 valence electrons. The third kappa shape index (κ3) is 4.34. The van der Waals surface area contributed by atoms with Crippen LogP contribution in [0, 0.1) is 5.82 Å². The molecule has 0 unspecified atom stereocenters. The summed E-state index contributed by atoms with van der Waals surface area (Å²) in [6, 6.07) is 13.3. The zero-order chi connectivity index (χ0) is 13.7. The fraction of sp³-hybridized carbons (Fsp3) is 0. The first-order chi connectivity index (χ1) is 9.13. The van der Waals surface area contributed by atoms with Crippen LogP contribution in [-0.4, -0.2) is 5.91 Å². The van der Waals surface area contributed by atoms with Crippen LogP contribution >= 0.6 is 15.9 Å². The van der Waals surface area contributed by atoms with Crippen LogP contribution in [0.2, 0.25) is 0 Å². The number of amides is 1. The van der Waals surface area contributed by atoms with Crippen molar-refractivity contribution >= 4 is 33.6 Å². The largest absolute Gasteiger partial charge is 0.322 e. The molecule has 2 nitrogen and oxygen atoms in total. The van der Waals surface area contributed by atoms with Crippen molar-refractivity contribution in [1.29, 1.82) is 0 Å². The highest BCUT2D eigenvalue weighted by Crippen LogP contribution is 2.12. The molecule has 0 saturated heterocycles. The van der Waals surface area contributed by atoms with Gasteiger partial charge in [0.05, 0.1) is 0 Å². The highest BCUT2D eigenvalue weighted by atomic mass is 79.9. The first-order valence-electron chi connectivity index (χ1n) is 5.64. The van der Waals surface area contributed by atoms with E-state index in [0.29, 0.717) is 5.69 Å². The van der Waals surface area contributed by atoms with Crippen LogP contribution in [0.3, 0.4) is 0 Å². The molecule has 0 atom stereocenters. The average Bonchev–Trinajstić information content (AvgIpc) is 2.38. The molecule has 0 radical (unpaired) electrons. The smallest absolute Gasteiger partial charge is 0.248 e. The number of carbonyl (C=O) groups is 1. The van der Waals surface area contributed by atoms with E-state index in [1.807, 2.05) is 24.3 Å². The Morgan fingerprint density at radius 3 is 2.58 bits per heavy atom. The molecular formula is C15H11BrFNO. The van der Waals surface area contributed by atoms with E-state index in [2.05, 4.69) is 21.2 Å². The number of carbonyl (C=O) groups excluding carboxylic acids is 1. The fourth-order valence-corrected chi connectivity index (χ4v) is 1.76. The molecular weight excluding hydrogens is 309 g/mol. The van der Waals surface area contributed by atoms with Crippen molar-refractivity contribution in [3.8, 4) is 0 Å². The van der Waals surface area contributed by atoms with Gasteiger partial charge in [0, 0.05) is 16.2 Å². The van der Waals surface area contributed by atoms with Crippen molar-refractivity contribution in [1.82, 2.24) is 0 Å². The zero-order valence-electron chi connectivity index (χ0n) is 9.94. The Balaban J connectivity index is 1.99. The van der Waals surface area contributed by atoms with Crippen molar-refractivity contribution in [2.45, 2.75) is 0 Å². The maximum Gasteiger partial charge on any atom is 0.248 e. The highest BCUT2D eigenvalue weighted by Gasteiger charge is 1.98. The van der Waals surface area contributed by atoms with E-state index in [1.54, 1.807) is 18.2 Å². The minimum atomic E-state index is -0.380. The third-order valence-corrected chi connectivity index (χ3v) is 2.92. The lowest BCUT2D eigenvalue weighted by Crippen LogP contribution is -2.07. The lowest BCUT2D eigenvalue weighted by Gasteiger charge is -2.01. The van der Waals surface area contributed by atoms with Crippen LogP contribution in [0.5, 0.6) is 0 Å². The van der Waals surface area contributed by atoms with Crippen LogP contribution < -0.4 is 5.32 Å². The second-order valence-electron chi connectivity index (χ2n) is 3.88. The highest BCUT2D eigenvalue weighted by molar-refractivity contribution is 9.10. The second-order valence-corrected chi connectivity index (χ2v) is 4.80. The van der Waals surface area contributed by atoms with Crippen LogP contribution in [-0.2, 0) is 4.79 Å². The second kappa shape index (κ2) is 6.29. The van der Waals surface area contributed by atoms with E-state index >= 15 is 0 Å². The van der Waals surface area contributed by atoms with Gasteiger partial charge in [-0.25, -0.2) is 4.39 Å². The summed E-state index contributed by atoms with van der Waals surface area (Å²) in [6.07, 6.45) is 3.11. The molecule has 0 heterocycles. The number of halogens is 2. The molecule has 0 fully saturated rings. The lowest BCUT2D eigenvalue weighted by molar-refractivity contribution is -0.111. The molecule has 2 rings (SSSR count). The van der Waals surface area contributed by atoms with Gasteiger partial charge in [0.1, 0.15) is 5.82 Å². The van der Waals surface area contributed by atoms with Crippen molar-refractivity contribution in [3.63, 3.8) is 0 Å². The Bertz CT molecular complexity index is 608. The van der Waals surface area contributed by atoms with E-state index < -0.39 is 0 Å². The van der Waals surface area contributed by atoms with Gasteiger partial charge in [-0.05, 0) is 42.0 Å². The molecule has 0 aliphatic rings. The molecule has 1 N–H and O–H groups in total. The summed E-state index contributed by atoms with van der Waals surface area (Å²) in [6.45, 7) is 0. The van der Waals surface area contributed by atoms with Gasteiger partial charge in [-0.3, -0.25) is 4.79 Å². The molecule has 0 bridgehead atoms. The number of rotatable bonds is 3. The number of hydrogen-bond acceptors (Lipinski definition) is 1. The molecule has 2 aromatic rings. The Morgan fingerprint density at radius 2 is 1.89 bits per heavy atom. The maximum absolute atomic E-state index is 12.9. The van der Waals surface area contributed by atoms with Gasteiger partial charge in [-0.2, -0.15) is 0 Å². The standard InChI is InChI=1S/C15H11BrFNO/c16-12-7-4-11(5-8-12)6-9-15(19)18-14-3-1-2-13(17)10-14/h1-10H,(H,18,19)/b9-6+. The quantitative estimate of drug-likeness (QED) is 0.842. The van der Waals surface area contributed by atoms with Crippen molar-refractivity contribution in [3.05, 3.63) is 70.5 Å². The predicted molar refractivity (Wildman–Crippen MR) is 78.2 cm³/mol. The molecule has 0 saturated carbocycles. The Morgan fingerprint density at radius 1 is 1.16 bits per heavy atom. The van der Waals surface area contributed by atoms with E-state index in [4.69, 9.17) is 0 Å². The summed E-state index contributed by atoms with van der Waals surface area (Å²) in [7, 11) is 0. The summed E-state index contributed by atoms with van der Waals surface area (Å²) < 4.78 is 13.9. The van der Waals surface area contributed by atoms with Crippen molar-refractivity contribution in [2.24, 2.45) is 0 Å². The Hall–Kier alpha value is -1.94. The summed E-state index contributed by atoms with van der Waals surface area (Å²) in [5.74, 6) is -0.678. The molecule has 0 aliphatic heterocycles. The molecule has 4 heteroatoms. The minimum Gasteiger partial charge on any atom is -0.322 e. The summed E-state index contributed by atoms with van der Waals surface area (Å²) >= 11 is 3.34.